The highest BCUT2D eigenvalue weighted by atomic mass is 32.2. The van der Waals surface area contributed by atoms with Crippen molar-refractivity contribution >= 4 is 11.8 Å². The maximum Gasteiger partial charge on any atom is 0.137 e. The summed E-state index contributed by atoms with van der Waals surface area (Å²) in [5.74, 6) is -0.927. The van der Waals surface area contributed by atoms with Gasteiger partial charge in [0.05, 0.1) is 16.5 Å². The summed E-state index contributed by atoms with van der Waals surface area (Å²) in [6.07, 6.45) is 0. The van der Waals surface area contributed by atoms with E-state index in [1.165, 1.54) is 0 Å². The van der Waals surface area contributed by atoms with Crippen LogP contribution in [0.3, 0.4) is 0 Å². The first-order valence-electron chi connectivity index (χ1n) is 4.82. The van der Waals surface area contributed by atoms with Crippen molar-refractivity contribution in [3.63, 3.8) is 0 Å². The number of nitriles is 1. The van der Waals surface area contributed by atoms with Gasteiger partial charge in [-0.15, -0.1) is 0 Å². The van der Waals surface area contributed by atoms with Gasteiger partial charge in [-0.1, -0.05) is 11.8 Å². The molecule has 84 valence electrons. The van der Waals surface area contributed by atoms with Crippen LogP contribution in [0.4, 0.5) is 8.78 Å². The number of benzene rings is 2. The smallest absolute Gasteiger partial charge is 0.137 e. The summed E-state index contributed by atoms with van der Waals surface area (Å²) in [6.45, 7) is 0. The van der Waals surface area contributed by atoms with Crippen molar-refractivity contribution in [2.75, 3.05) is 0 Å². The van der Waals surface area contributed by atoms with E-state index in [4.69, 9.17) is 5.26 Å². The first-order chi connectivity index (χ1) is 8.19. The molecule has 0 bridgehead atoms. The van der Waals surface area contributed by atoms with E-state index >= 15 is 0 Å². The lowest BCUT2D eigenvalue weighted by Crippen LogP contribution is -1.83. The van der Waals surface area contributed by atoms with E-state index in [1.807, 2.05) is 6.07 Å². The molecule has 2 rings (SSSR count). The molecular formula is C13H7F2NS. The Morgan fingerprint density at radius 2 is 1.71 bits per heavy atom. The van der Waals surface area contributed by atoms with Gasteiger partial charge in [-0.25, -0.2) is 8.78 Å². The van der Waals surface area contributed by atoms with Crippen LogP contribution in [0.15, 0.2) is 52.3 Å². The highest BCUT2D eigenvalue weighted by molar-refractivity contribution is 7.99. The lowest BCUT2D eigenvalue weighted by Gasteiger charge is -2.03. The van der Waals surface area contributed by atoms with Gasteiger partial charge in [-0.3, -0.25) is 0 Å². The summed E-state index contributed by atoms with van der Waals surface area (Å²) in [4.78, 5) is 0.989. The SMILES string of the molecule is N#Cc1ccc(Sc2cc(F)ccc2F)cc1. The summed E-state index contributed by atoms with van der Waals surface area (Å²) in [6, 6.07) is 12.0. The van der Waals surface area contributed by atoms with Gasteiger partial charge in [0.2, 0.25) is 0 Å². The van der Waals surface area contributed by atoms with Crippen LogP contribution in [0.1, 0.15) is 5.56 Å². The number of hydrogen-bond acceptors (Lipinski definition) is 2. The predicted octanol–water partition coefficient (Wildman–Crippen LogP) is 3.99. The molecule has 0 saturated carbocycles. The number of halogens is 2. The van der Waals surface area contributed by atoms with Crippen molar-refractivity contribution in [3.05, 3.63) is 59.7 Å². The zero-order valence-electron chi connectivity index (χ0n) is 8.65. The highest BCUT2D eigenvalue weighted by Gasteiger charge is 2.05. The molecule has 1 nitrogen and oxygen atoms in total. The van der Waals surface area contributed by atoms with E-state index in [2.05, 4.69) is 0 Å². The Balaban J connectivity index is 2.25. The Hall–Kier alpha value is -1.86. The average Bonchev–Trinajstić information content (AvgIpc) is 2.35. The van der Waals surface area contributed by atoms with Crippen LogP contribution in [0.25, 0.3) is 0 Å². The Labute approximate surface area is 102 Å². The van der Waals surface area contributed by atoms with Gasteiger partial charge >= 0.3 is 0 Å². The lowest BCUT2D eigenvalue weighted by molar-refractivity contribution is 0.577. The fraction of sp³-hybridized carbons (Fsp3) is 0. The third-order valence-corrected chi connectivity index (χ3v) is 3.15. The number of nitrogens with zero attached hydrogens (tertiary/aromatic N) is 1. The van der Waals surface area contributed by atoms with E-state index in [-0.39, 0.29) is 4.90 Å². The topological polar surface area (TPSA) is 23.8 Å². The van der Waals surface area contributed by atoms with E-state index in [0.717, 1.165) is 34.9 Å². The zero-order chi connectivity index (χ0) is 12.3. The third-order valence-electron chi connectivity index (χ3n) is 2.10. The van der Waals surface area contributed by atoms with Gasteiger partial charge in [0.15, 0.2) is 0 Å². The Morgan fingerprint density at radius 3 is 2.35 bits per heavy atom. The van der Waals surface area contributed by atoms with Gasteiger partial charge in [-0.2, -0.15) is 5.26 Å². The van der Waals surface area contributed by atoms with E-state index in [1.54, 1.807) is 24.3 Å². The molecule has 2 aromatic rings. The minimum Gasteiger partial charge on any atom is -0.207 e. The number of rotatable bonds is 2. The zero-order valence-corrected chi connectivity index (χ0v) is 9.47. The molecule has 0 amide bonds. The second-order valence-corrected chi connectivity index (χ2v) is 4.43. The molecule has 0 radical (unpaired) electrons. The first kappa shape index (κ1) is 11.6. The van der Waals surface area contributed by atoms with Crippen LogP contribution in [-0.2, 0) is 0 Å². The van der Waals surface area contributed by atoms with Gasteiger partial charge in [0, 0.05) is 4.90 Å². The van der Waals surface area contributed by atoms with Crippen LogP contribution >= 0.6 is 11.8 Å². The Kier molecular flexibility index (Phi) is 3.40. The summed E-state index contributed by atoms with van der Waals surface area (Å²) in [5.41, 5.74) is 0.536. The summed E-state index contributed by atoms with van der Waals surface area (Å²) >= 11 is 1.12. The molecule has 0 heterocycles. The molecule has 0 aromatic heterocycles. The molecule has 0 N–H and O–H groups in total. The van der Waals surface area contributed by atoms with Crippen LogP contribution < -0.4 is 0 Å². The molecule has 17 heavy (non-hydrogen) atoms. The third kappa shape index (κ3) is 2.83. The standard InChI is InChI=1S/C13H7F2NS/c14-10-3-6-12(15)13(7-10)17-11-4-1-9(8-16)2-5-11/h1-7H. The molecule has 0 unspecified atom stereocenters. The van der Waals surface area contributed by atoms with E-state index < -0.39 is 11.6 Å². The van der Waals surface area contributed by atoms with Crippen molar-refractivity contribution in [2.45, 2.75) is 9.79 Å². The second kappa shape index (κ2) is 4.98. The van der Waals surface area contributed by atoms with Crippen LogP contribution in [-0.4, -0.2) is 0 Å². The maximum absolute atomic E-state index is 13.4. The van der Waals surface area contributed by atoms with E-state index in [9.17, 15) is 8.78 Å². The van der Waals surface area contributed by atoms with Crippen LogP contribution in [0.5, 0.6) is 0 Å². The summed E-state index contributed by atoms with van der Waals surface area (Å²) in [7, 11) is 0. The van der Waals surface area contributed by atoms with Crippen molar-refractivity contribution in [2.24, 2.45) is 0 Å². The predicted molar refractivity (Wildman–Crippen MR) is 61.6 cm³/mol. The quantitative estimate of drug-likeness (QED) is 0.801. The van der Waals surface area contributed by atoms with Gasteiger partial charge < -0.3 is 0 Å². The minimum atomic E-state index is -0.470. The fourth-order valence-corrected chi connectivity index (χ4v) is 2.14. The molecule has 4 heteroatoms. The Morgan fingerprint density at radius 1 is 1.00 bits per heavy atom. The molecule has 0 aliphatic carbocycles. The molecule has 2 aromatic carbocycles. The molecule has 0 spiro atoms. The highest BCUT2D eigenvalue weighted by Crippen LogP contribution is 2.30. The van der Waals surface area contributed by atoms with Gasteiger partial charge in [0.25, 0.3) is 0 Å². The lowest BCUT2D eigenvalue weighted by atomic mass is 10.2. The maximum atomic E-state index is 13.4. The van der Waals surface area contributed by atoms with Crippen LogP contribution in [0.2, 0.25) is 0 Å². The monoisotopic (exact) mass is 247 g/mol. The van der Waals surface area contributed by atoms with E-state index in [0.29, 0.717) is 5.56 Å². The number of hydrogen-bond donors (Lipinski definition) is 0. The first-order valence-corrected chi connectivity index (χ1v) is 5.64. The minimum absolute atomic E-state index is 0.231. The van der Waals surface area contributed by atoms with Crippen molar-refractivity contribution in [3.8, 4) is 6.07 Å². The van der Waals surface area contributed by atoms with Crippen molar-refractivity contribution in [1.82, 2.24) is 0 Å². The fourth-order valence-electron chi connectivity index (χ4n) is 1.28. The van der Waals surface area contributed by atoms with Gasteiger partial charge in [-0.05, 0) is 42.5 Å². The molecule has 0 atom stereocenters. The van der Waals surface area contributed by atoms with Crippen LogP contribution in [0, 0.1) is 23.0 Å². The second-order valence-electron chi connectivity index (χ2n) is 3.31. The van der Waals surface area contributed by atoms with Crippen molar-refractivity contribution < 1.29 is 8.78 Å². The largest absolute Gasteiger partial charge is 0.207 e. The molecule has 0 fully saturated rings. The molecule has 0 aliphatic heterocycles. The summed E-state index contributed by atoms with van der Waals surface area (Å²) < 4.78 is 26.3. The molecule has 0 aliphatic rings. The molecule has 0 saturated heterocycles. The molecular weight excluding hydrogens is 240 g/mol. The van der Waals surface area contributed by atoms with Crippen molar-refractivity contribution in [1.29, 1.82) is 5.26 Å². The summed E-state index contributed by atoms with van der Waals surface area (Å²) in [5, 5.41) is 8.63. The average molecular weight is 247 g/mol. The van der Waals surface area contributed by atoms with Gasteiger partial charge in [0.1, 0.15) is 11.6 Å². The Bertz CT molecular complexity index is 573. The normalized spacial score (nSPS) is 9.94.